The van der Waals surface area contributed by atoms with Gasteiger partial charge in [-0.2, -0.15) is 0 Å². The summed E-state index contributed by atoms with van der Waals surface area (Å²) in [4.78, 5) is 114. The lowest BCUT2D eigenvalue weighted by Crippen LogP contribution is -2.52. The van der Waals surface area contributed by atoms with E-state index in [2.05, 4.69) is 45.4 Å². The SMILES string of the molecule is CCOC1OC(=O)C[C@@H]1NC(=O)CN1CC(CNS(=O)(=O)c2ccccc2)=CC[C@H](NC(=O)c2nccc3ccccc23)C1=O.O=C(CN1CC(CNS(=O)(=O)c2ccccc2)=CC[C@H](NC(=O)c2nccc3ccccc23)C1=O)N[C@H]1CC(=O)OC1O. The third-order valence-corrected chi connectivity index (χ3v) is 17.2. The first-order chi connectivity index (χ1) is 42.2. The van der Waals surface area contributed by atoms with Crippen LogP contribution in [0.5, 0.6) is 0 Å². The molecular formula is C60H62N10O16S2. The molecule has 6 amide bonds. The fourth-order valence-electron chi connectivity index (χ4n) is 10.0. The van der Waals surface area contributed by atoms with Crippen molar-refractivity contribution in [3.8, 4) is 0 Å². The molecule has 460 valence electrons. The summed E-state index contributed by atoms with van der Waals surface area (Å²) < 4.78 is 71.5. The average Bonchev–Trinajstić information content (AvgIpc) is 3.16. The predicted molar refractivity (Wildman–Crippen MR) is 315 cm³/mol. The number of amides is 6. The number of ether oxygens (including phenoxy) is 3. The number of pyridine rings is 2. The quantitative estimate of drug-likeness (QED) is 0.0420. The number of hydrogen-bond acceptors (Lipinski definition) is 18. The van der Waals surface area contributed by atoms with Crippen molar-refractivity contribution in [1.29, 1.82) is 0 Å². The molecule has 0 spiro atoms. The van der Waals surface area contributed by atoms with Crippen LogP contribution in [0.3, 0.4) is 0 Å². The van der Waals surface area contributed by atoms with Crippen molar-refractivity contribution in [2.24, 2.45) is 0 Å². The van der Waals surface area contributed by atoms with E-state index < -0.39 is 117 Å². The highest BCUT2D eigenvalue weighted by atomic mass is 32.2. The van der Waals surface area contributed by atoms with Gasteiger partial charge in [0.15, 0.2) is 0 Å². The van der Waals surface area contributed by atoms with Crippen LogP contribution in [-0.4, -0.2) is 172 Å². The largest absolute Gasteiger partial charge is 0.434 e. The van der Waals surface area contributed by atoms with E-state index in [0.29, 0.717) is 21.9 Å². The Morgan fingerprint density at radius 1 is 0.568 bits per heavy atom. The fourth-order valence-corrected chi connectivity index (χ4v) is 12.2. The molecule has 2 fully saturated rings. The van der Waals surface area contributed by atoms with Crippen LogP contribution in [0, 0.1) is 0 Å². The number of benzene rings is 4. The van der Waals surface area contributed by atoms with Crippen LogP contribution >= 0.6 is 0 Å². The van der Waals surface area contributed by atoms with Crippen molar-refractivity contribution in [1.82, 2.24) is 50.5 Å². The fraction of sp³-hybridized carbons (Fsp3) is 0.300. The summed E-state index contributed by atoms with van der Waals surface area (Å²) in [6.45, 7) is 0.575. The Morgan fingerprint density at radius 3 is 1.43 bits per heavy atom. The van der Waals surface area contributed by atoms with Gasteiger partial charge in [-0.1, -0.05) is 97.1 Å². The molecular weight excluding hydrogens is 1180 g/mol. The maximum atomic E-state index is 13.8. The lowest BCUT2D eigenvalue weighted by molar-refractivity contribution is -0.164. The maximum absolute atomic E-state index is 13.8. The number of carbonyl (C=O) groups is 8. The number of carbonyl (C=O) groups excluding carboxylic acids is 8. The first kappa shape index (κ1) is 63.2. The topological polar surface area (TPSA) is 357 Å². The number of cyclic esters (lactones) is 2. The Kier molecular flexibility index (Phi) is 20.4. The summed E-state index contributed by atoms with van der Waals surface area (Å²) in [7, 11) is -7.73. The Labute approximate surface area is 505 Å². The normalized spacial score (nSPS) is 20.5. The molecule has 6 aromatic rings. The van der Waals surface area contributed by atoms with E-state index >= 15 is 0 Å². The van der Waals surface area contributed by atoms with Gasteiger partial charge in [0.25, 0.3) is 11.8 Å². The van der Waals surface area contributed by atoms with Crippen molar-refractivity contribution in [3.05, 3.63) is 168 Å². The number of fused-ring (bicyclic) bond motifs is 2. The average molecular weight is 1240 g/mol. The lowest BCUT2D eigenvalue weighted by Gasteiger charge is -2.26. The highest BCUT2D eigenvalue weighted by Gasteiger charge is 2.39. The molecule has 2 saturated heterocycles. The molecule has 0 radical (unpaired) electrons. The minimum absolute atomic E-state index is 0.0273. The molecule has 10 rings (SSSR count). The summed E-state index contributed by atoms with van der Waals surface area (Å²) in [5.41, 5.74) is 1.27. The Bertz CT molecular complexity index is 3920. The Morgan fingerprint density at radius 2 is 0.989 bits per heavy atom. The number of esters is 2. The number of aliphatic hydroxyl groups excluding tert-OH is 1. The minimum atomic E-state index is -3.87. The second-order valence-electron chi connectivity index (χ2n) is 20.6. The smallest absolute Gasteiger partial charge is 0.310 e. The third kappa shape index (κ3) is 16.0. The molecule has 4 aliphatic heterocycles. The molecule has 6 atom stereocenters. The molecule has 4 aliphatic rings. The summed E-state index contributed by atoms with van der Waals surface area (Å²) in [5, 5.41) is 23.3. The molecule has 0 saturated carbocycles. The Balaban J connectivity index is 0.000000210. The second kappa shape index (κ2) is 28.5. The molecule has 88 heavy (non-hydrogen) atoms. The number of aromatic nitrogens is 2. The summed E-state index contributed by atoms with van der Waals surface area (Å²) >= 11 is 0. The monoisotopic (exact) mass is 1240 g/mol. The van der Waals surface area contributed by atoms with E-state index in [1.165, 1.54) is 46.5 Å². The molecule has 0 bridgehead atoms. The van der Waals surface area contributed by atoms with Gasteiger partial charge < -0.3 is 50.4 Å². The first-order valence-electron chi connectivity index (χ1n) is 27.8. The summed E-state index contributed by atoms with van der Waals surface area (Å²) in [5.74, 6) is -4.75. The third-order valence-electron chi connectivity index (χ3n) is 14.4. The molecule has 6 heterocycles. The molecule has 28 heteroatoms. The van der Waals surface area contributed by atoms with E-state index in [1.807, 2.05) is 24.3 Å². The van der Waals surface area contributed by atoms with E-state index in [9.17, 15) is 60.3 Å². The van der Waals surface area contributed by atoms with Crippen LogP contribution in [0.4, 0.5) is 0 Å². The van der Waals surface area contributed by atoms with E-state index in [1.54, 1.807) is 91.9 Å². The van der Waals surface area contributed by atoms with Crippen LogP contribution in [0.15, 0.2) is 167 Å². The highest BCUT2D eigenvalue weighted by Crippen LogP contribution is 2.23. The molecule has 2 unspecified atom stereocenters. The molecule has 0 aliphatic carbocycles. The predicted octanol–water partition coefficient (Wildman–Crippen LogP) is 1.49. The zero-order chi connectivity index (χ0) is 62.5. The van der Waals surface area contributed by atoms with Gasteiger partial charge >= 0.3 is 11.9 Å². The number of nitrogens with zero attached hydrogens (tertiary/aromatic N) is 4. The van der Waals surface area contributed by atoms with E-state index in [-0.39, 0.29) is 79.6 Å². The van der Waals surface area contributed by atoms with Crippen LogP contribution < -0.4 is 30.7 Å². The maximum Gasteiger partial charge on any atom is 0.310 e. The van der Waals surface area contributed by atoms with Crippen LogP contribution in [0.25, 0.3) is 21.5 Å². The van der Waals surface area contributed by atoms with Crippen molar-refractivity contribution >= 4 is 89.0 Å². The van der Waals surface area contributed by atoms with Crippen molar-refractivity contribution in [2.75, 3.05) is 45.9 Å². The van der Waals surface area contributed by atoms with Gasteiger partial charge in [-0.05, 0) is 78.1 Å². The second-order valence-corrected chi connectivity index (χ2v) is 24.2. The van der Waals surface area contributed by atoms with Gasteiger partial charge in [-0.25, -0.2) is 26.3 Å². The molecule has 26 nitrogen and oxygen atoms in total. The van der Waals surface area contributed by atoms with Gasteiger partial charge in [0, 0.05) is 56.0 Å². The zero-order valence-electron chi connectivity index (χ0n) is 47.3. The van der Waals surface area contributed by atoms with Gasteiger partial charge in [0.2, 0.25) is 56.3 Å². The van der Waals surface area contributed by atoms with E-state index in [4.69, 9.17) is 9.47 Å². The lowest BCUT2D eigenvalue weighted by atomic mass is 10.1. The van der Waals surface area contributed by atoms with Gasteiger partial charge in [0.1, 0.15) is 35.6 Å². The van der Waals surface area contributed by atoms with Gasteiger partial charge in [0.05, 0.1) is 35.7 Å². The summed E-state index contributed by atoms with van der Waals surface area (Å²) in [6.07, 6.45) is 3.62. The molecule has 7 N–H and O–H groups in total. The number of rotatable bonds is 20. The van der Waals surface area contributed by atoms with Gasteiger partial charge in [-0.3, -0.25) is 48.3 Å². The number of hydrogen-bond donors (Lipinski definition) is 7. The van der Waals surface area contributed by atoms with Gasteiger partial charge in [-0.15, -0.1) is 0 Å². The van der Waals surface area contributed by atoms with Crippen LogP contribution in [-0.2, 0) is 63.0 Å². The van der Waals surface area contributed by atoms with Crippen LogP contribution in [0.1, 0.15) is 53.6 Å². The number of nitrogens with one attached hydrogen (secondary N) is 6. The van der Waals surface area contributed by atoms with Crippen molar-refractivity contribution in [2.45, 2.75) is 79.1 Å². The van der Waals surface area contributed by atoms with Crippen LogP contribution in [0.2, 0.25) is 0 Å². The van der Waals surface area contributed by atoms with Crippen molar-refractivity contribution in [3.63, 3.8) is 0 Å². The standard InChI is InChI=1S/C31H33N5O8S.C29H29N5O8S/c1-2-43-31-25(16-27(38)44-31)34-26(37)19-36-18-20(17-33-45(41,42)22-9-4-3-5-10-22)12-13-24(30(36)40)35-29(39)28-23-11-7-6-8-21(23)14-15-32-28;35-24(32-23-14-25(36)42-29(23)39)17-34-16-18(15-31-43(40,41)20-7-2-1-3-8-20)10-11-22(28(34)38)33-27(37)26-21-9-5-4-6-19(21)12-13-30-26/h3-12,14-15,24-25,31,33H,2,13,16-19H2,1H3,(H,34,37)(H,35,39);1-10,12-13,22-23,29,31,39H,11,14-17H2,(H,32,35)(H,33,37)/t24-,25-,31?;22-,23-,29?/m00/s1. The first-order valence-corrected chi connectivity index (χ1v) is 30.8. The highest BCUT2D eigenvalue weighted by molar-refractivity contribution is 7.89. The Hall–Kier alpha value is -9.32. The zero-order valence-corrected chi connectivity index (χ0v) is 48.9. The molecule has 4 aromatic carbocycles. The number of aliphatic hydroxyl groups is 1. The number of sulfonamides is 2. The minimum Gasteiger partial charge on any atom is -0.434 e. The molecule has 2 aromatic heterocycles. The van der Waals surface area contributed by atoms with Crippen molar-refractivity contribution < 1.29 is 74.5 Å². The summed E-state index contributed by atoms with van der Waals surface area (Å²) in [6, 6.07) is 29.6. The van der Waals surface area contributed by atoms with E-state index in [0.717, 1.165) is 10.8 Å².